The first kappa shape index (κ1) is 14.4. The fraction of sp³-hybridized carbons (Fsp3) is 1.00. The molecule has 0 N–H and O–H groups in total. The second kappa shape index (κ2) is 8.72. The smallest absolute Gasteiger partial charge is 0 e. The van der Waals surface area contributed by atoms with Crippen LogP contribution in [0.15, 0.2) is 0 Å². The van der Waals surface area contributed by atoms with Crippen LogP contribution >= 0.6 is 9.24 Å². The zero-order valence-electron chi connectivity index (χ0n) is 10.4. The third kappa shape index (κ3) is 6.82. The van der Waals surface area contributed by atoms with E-state index < -0.39 is 0 Å². The number of hydrogen-bond donors (Lipinski definition) is 0. The van der Waals surface area contributed by atoms with Gasteiger partial charge in [-0.25, -0.2) is 0 Å². The summed E-state index contributed by atoms with van der Waals surface area (Å²) in [6.45, 7) is 6.89. The SMILES string of the molecule is CCCCC(P)(CCCC)CCCC.[HH]. The van der Waals surface area contributed by atoms with Gasteiger partial charge in [-0.1, -0.05) is 59.3 Å². The van der Waals surface area contributed by atoms with Crippen molar-refractivity contribution in [3.8, 4) is 0 Å². The highest BCUT2D eigenvalue weighted by Crippen LogP contribution is 2.36. The van der Waals surface area contributed by atoms with Gasteiger partial charge in [-0.2, -0.15) is 0 Å². The lowest BCUT2D eigenvalue weighted by Gasteiger charge is -2.29. The van der Waals surface area contributed by atoms with Crippen LogP contribution in [0.25, 0.3) is 0 Å². The largest absolute Gasteiger partial charge is 0.131 e. The summed E-state index contributed by atoms with van der Waals surface area (Å²) in [4.78, 5) is 0. The van der Waals surface area contributed by atoms with Gasteiger partial charge in [0.15, 0.2) is 0 Å². The fourth-order valence-corrected chi connectivity index (χ4v) is 2.57. The molecule has 0 aromatic heterocycles. The molecular weight excluding hydrogens is 187 g/mol. The molecule has 0 saturated carbocycles. The van der Waals surface area contributed by atoms with Crippen LogP contribution < -0.4 is 0 Å². The molecule has 0 aliphatic rings. The average molecular weight is 218 g/mol. The van der Waals surface area contributed by atoms with E-state index in [4.69, 9.17) is 0 Å². The summed E-state index contributed by atoms with van der Waals surface area (Å²) < 4.78 is 0. The number of rotatable bonds is 9. The Bertz CT molecular complexity index is 104. The first-order valence-corrected chi connectivity index (χ1v) is 7.05. The van der Waals surface area contributed by atoms with E-state index in [1.807, 2.05) is 0 Å². The molecule has 0 amide bonds. The molecule has 1 heteroatoms. The normalized spacial score (nSPS) is 12.0. The average Bonchev–Trinajstić information content (AvgIpc) is 2.21. The van der Waals surface area contributed by atoms with Crippen molar-refractivity contribution in [3.63, 3.8) is 0 Å². The first-order chi connectivity index (χ1) is 6.68. The Morgan fingerprint density at radius 1 is 0.786 bits per heavy atom. The van der Waals surface area contributed by atoms with Gasteiger partial charge in [0.2, 0.25) is 0 Å². The molecule has 88 valence electrons. The standard InChI is InChI=1S/C13H29P.H2/c1-4-7-10-13(14,11-8-5-2)12-9-6-3;/h4-12,14H2,1-3H3;1H. The van der Waals surface area contributed by atoms with Crippen molar-refractivity contribution in [2.75, 3.05) is 0 Å². The van der Waals surface area contributed by atoms with Crippen molar-refractivity contribution in [2.24, 2.45) is 0 Å². The maximum Gasteiger partial charge on any atom is 0 e. The molecule has 0 radical (unpaired) electrons. The van der Waals surface area contributed by atoms with Crippen molar-refractivity contribution in [2.45, 2.75) is 83.7 Å². The highest BCUT2D eigenvalue weighted by Gasteiger charge is 2.22. The molecular formula is C13H31P. The maximum atomic E-state index is 3.17. The summed E-state index contributed by atoms with van der Waals surface area (Å²) in [5, 5.41) is 0.571. The Hall–Kier alpha value is 0.430. The van der Waals surface area contributed by atoms with E-state index >= 15 is 0 Å². The maximum absolute atomic E-state index is 3.17. The minimum atomic E-state index is 0. The van der Waals surface area contributed by atoms with Gasteiger partial charge in [-0.05, 0) is 24.4 Å². The van der Waals surface area contributed by atoms with Crippen LogP contribution in [-0.4, -0.2) is 5.16 Å². The Balaban J connectivity index is 0. The van der Waals surface area contributed by atoms with E-state index in [0.717, 1.165) is 0 Å². The molecule has 0 heterocycles. The molecule has 0 saturated heterocycles. The van der Waals surface area contributed by atoms with E-state index in [1.54, 1.807) is 0 Å². The molecule has 0 aromatic carbocycles. The van der Waals surface area contributed by atoms with Crippen LogP contribution in [0.4, 0.5) is 0 Å². The van der Waals surface area contributed by atoms with Crippen molar-refractivity contribution in [1.29, 1.82) is 0 Å². The van der Waals surface area contributed by atoms with Gasteiger partial charge < -0.3 is 0 Å². The molecule has 0 aliphatic heterocycles. The monoisotopic (exact) mass is 218 g/mol. The van der Waals surface area contributed by atoms with Crippen LogP contribution in [0.1, 0.15) is 80.0 Å². The van der Waals surface area contributed by atoms with E-state index in [1.165, 1.54) is 57.8 Å². The van der Waals surface area contributed by atoms with Gasteiger partial charge >= 0.3 is 0 Å². The molecule has 1 atom stereocenters. The molecule has 0 rings (SSSR count). The molecule has 0 aromatic rings. The van der Waals surface area contributed by atoms with Crippen molar-refractivity contribution in [1.82, 2.24) is 0 Å². The van der Waals surface area contributed by atoms with E-state index in [2.05, 4.69) is 30.0 Å². The molecule has 0 aliphatic carbocycles. The van der Waals surface area contributed by atoms with E-state index in [-0.39, 0.29) is 1.43 Å². The zero-order valence-corrected chi connectivity index (χ0v) is 11.6. The summed E-state index contributed by atoms with van der Waals surface area (Å²) >= 11 is 0. The van der Waals surface area contributed by atoms with Crippen LogP contribution in [0.2, 0.25) is 0 Å². The number of hydrogen-bond acceptors (Lipinski definition) is 0. The minimum absolute atomic E-state index is 0. The third-order valence-electron chi connectivity index (χ3n) is 3.08. The third-order valence-corrected chi connectivity index (χ3v) is 3.95. The molecule has 14 heavy (non-hydrogen) atoms. The van der Waals surface area contributed by atoms with Gasteiger partial charge in [0.1, 0.15) is 0 Å². The molecule has 1 unspecified atom stereocenters. The molecule has 0 fully saturated rings. The van der Waals surface area contributed by atoms with Crippen LogP contribution in [0, 0.1) is 0 Å². The van der Waals surface area contributed by atoms with Crippen LogP contribution in [0.3, 0.4) is 0 Å². The predicted octanol–water partition coefficient (Wildman–Crippen LogP) is 5.42. The second-order valence-corrected chi connectivity index (χ2v) is 5.90. The lowest BCUT2D eigenvalue weighted by Crippen LogP contribution is -2.20. The summed E-state index contributed by atoms with van der Waals surface area (Å²) in [6.07, 6.45) is 12.5. The summed E-state index contributed by atoms with van der Waals surface area (Å²) in [5.74, 6) is 0. The van der Waals surface area contributed by atoms with Gasteiger partial charge in [0, 0.05) is 1.43 Å². The van der Waals surface area contributed by atoms with Gasteiger partial charge in [-0.15, -0.1) is 9.24 Å². The van der Waals surface area contributed by atoms with Crippen LogP contribution in [-0.2, 0) is 0 Å². The zero-order chi connectivity index (χ0) is 10.9. The second-order valence-electron chi connectivity index (χ2n) is 4.67. The van der Waals surface area contributed by atoms with Gasteiger partial charge in [-0.3, -0.25) is 0 Å². The minimum Gasteiger partial charge on any atom is -0.131 e. The lowest BCUT2D eigenvalue weighted by atomic mass is 9.90. The summed E-state index contributed by atoms with van der Waals surface area (Å²) in [7, 11) is 3.17. The highest BCUT2D eigenvalue weighted by molar-refractivity contribution is 7.19. The molecule has 0 nitrogen and oxygen atoms in total. The van der Waals surface area contributed by atoms with Gasteiger partial charge in [0.25, 0.3) is 0 Å². The summed E-state index contributed by atoms with van der Waals surface area (Å²) in [6, 6.07) is 0. The predicted molar refractivity (Wildman–Crippen MR) is 73.1 cm³/mol. The van der Waals surface area contributed by atoms with Gasteiger partial charge in [0.05, 0.1) is 0 Å². The molecule has 0 spiro atoms. The van der Waals surface area contributed by atoms with Crippen molar-refractivity contribution < 1.29 is 1.43 Å². The van der Waals surface area contributed by atoms with E-state index in [9.17, 15) is 0 Å². The lowest BCUT2D eigenvalue weighted by molar-refractivity contribution is 0.424. The quantitative estimate of drug-likeness (QED) is 0.453. The van der Waals surface area contributed by atoms with Crippen molar-refractivity contribution in [3.05, 3.63) is 0 Å². The van der Waals surface area contributed by atoms with E-state index in [0.29, 0.717) is 5.16 Å². The Morgan fingerprint density at radius 2 is 1.07 bits per heavy atom. The Morgan fingerprint density at radius 3 is 1.29 bits per heavy atom. The molecule has 0 bridgehead atoms. The Labute approximate surface area is 94.9 Å². The highest BCUT2D eigenvalue weighted by atomic mass is 31.0. The first-order valence-electron chi connectivity index (χ1n) is 6.47. The topological polar surface area (TPSA) is 0 Å². The van der Waals surface area contributed by atoms with Crippen molar-refractivity contribution >= 4 is 9.24 Å². The van der Waals surface area contributed by atoms with Crippen LogP contribution in [0.5, 0.6) is 0 Å². The Kier molecular flexibility index (Phi) is 8.98. The number of unbranched alkanes of at least 4 members (excludes halogenated alkanes) is 3. The summed E-state index contributed by atoms with van der Waals surface area (Å²) in [5.41, 5.74) is 0. The fourth-order valence-electron chi connectivity index (χ4n) is 1.96.